The maximum atomic E-state index is 12.3. The summed E-state index contributed by atoms with van der Waals surface area (Å²) in [5.74, 6) is 0.176. The number of Topliss-reactive ketones (excluding diaryl/α,β-unsaturated/α-hetero) is 1. The first-order valence-corrected chi connectivity index (χ1v) is 5.22. The first-order valence-electron chi connectivity index (χ1n) is 5.22. The van der Waals surface area contributed by atoms with Gasteiger partial charge in [-0.25, -0.2) is 4.98 Å². The Balaban J connectivity index is 3.18. The van der Waals surface area contributed by atoms with E-state index in [0.717, 1.165) is 0 Å². The Hall–Kier alpha value is -1.42. The Labute approximate surface area is 96.0 Å². The van der Waals surface area contributed by atoms with Gasteiger partial charge in [-0.05, 0) is 26.0 Å². The molecule has 0 atom stereocenters. The summed E-state index contributed by atoms with van der Waals surface area (Å²) in [5, 5.41) is 0. The maximum Gasteiger partial charge on any atom is 0.173 e. The first kappa shape index (κ1) is 12.6. The van der Waals surface area contributed by atoms with Gasteiger partial charge in [-0.2, -0.15) is 0 Å². The van der Waals surface area contributed by atoms with Crippen LogP contribution >= 0.6 is 0 Å². The third-order valence-corrected chi connectivity index (χ3v) is 3.26. The van der Waals surface area contributed by atoms with Crippen LogP contribution in [0, 0.1) is 5.41 Å². The minimum atomic E-state index is -0.690. The van der Waals surface area contributed by atoms with Crippen molar-refractivity contribution in [2.24, 2.45) is 11.1 Å². The molecule has 0 amide bonds. The Kier molecular flexibility index (Phi) is 3.06. The van der Waals surface area contributed by atoms with Crippen LogP contribution in [0.4, 0.5) is 5.82 Å². The largest absolute Gasteiger partial charge is 0.383 e. The molecular formula is C12H19N3O. The number of pyridine rings is 1. The van der Waals surface area contributed by atoms with Gasteiger partial charge < -0.3 is 11.5 Å². The molecule has 16 heavy (non-hydrogen) atoms. The molecule has 0 unspecified atom stereocenters. The van der Waals surface area contributed by atoms with E-state index >= 15 is 0 Å². The lowest BCUT2D eigenvalue weighted by molar-refractivity contribution is 0.0735. The van der Waals surface area contributed by atoms with Gasteiger partial charge in [0.2, 0.25) is 0 Å². The molecule has 1 aromatic rings. The van der Waals surface area contributed by atoms with Crippen LogP contribution < -0.4 is 11.5 Å². The van der Waals surface area contributed by atoms with Crippen LogP contribution in [0.2, 0.25) is 0 Å². The highest BCUT2D eigenvalue weighted by atomic mass is 16.1. The van der Waals surface area contributed by atoms with Crippen LogP contribution in [0.3, 0.4) is 0 Å². The average Bonchev–Trinajstić information content (AvgIpc) is 2.15. The summed E-state index contributed by atoms with van der Waals surface area (Å²) in [6, 6.07) is 3.38. The molecule has 1 aromatic heterocycles. The van der Waals surface area contributed by atoms with E-state index < -0.39 is 11.0 Å². The normalized spacial score (nSPS) is 12.6. The second kappa shape index (κ2) is 3.87. The third kappa shape index (κ3) is 2.07. The lowest BCUT2D eigenvalue weighted by Crippen LogP contribution is -2.52. The number of rotatable bonds is 3. The molecule has 0 saturated carbocycles. The number of nitrogens with zero attached hydrogens (tertiary/aromatic N) is 1. The molecular weight excluding hydrogens is 202 g/mol. The zero-order valence-electron chi connectivity index (χ0n) is 10.2. The van der Waals surface area contributed by atoms with Crippen molar-refractivity contribution in [1.82, 2.24) is 4.98 Å². The molecule has 0 spiro atoms. The first-order chi connectivity index (χ1) is 7.18. The minimum absolute atomic E-state index is 0.0781. The lowest BCUT2D eigenvalue weighted by atomic mass is 9.70. The molecule has 0 aromatic carbocycles. The average molecular weight is 221 g/mol. The van der Waals surface area contributed by atoms with E-state index in [1.807, 2.05) is 27.7 Å². The monoisotopic (exact) mass is 221 g/mol. The SMILES string of the molecule is CC(C)(N)C(C)(C)C(=O)c1cccnc1N. The Bertz CT molecular complexity index is 405. The second-order valence-corrected chi connectivity index (χ2v) is 5.11. The third-order valence-electron chi connectivity index (χ3n) is 3.26. The zero-order chi connectivity index (χ0) is 12.6. The van der Waals surface area contributed by atoms with Crippen molar-refractivity contribution >= 4 is 11.6 Å². The maximum absolute atomic E-state index is 12.3. The fourth-order valence-corrected chi connectivity index (χ4v) is 1.24. The van der Waals surface area contributed by atoms with E-state index in [1.165, 1.54) is 0 Å². The molecule has 0 aliphatic rings. The summed E-state index contributed by atoms with van der Waals surface area (Å²) >= 11 is 0. The second-order valence-electron chi connectivity index (χ2n) is 5.11. The fourth-order valence-electron chi connectivity index (χ4n) is 1.24. The van der Waals surface area contributed by atoms with Gasteiger partial charge in [-0.15, -0.1) is 0 Å². The molecule has 0 aliphatic carbocycles. The molecule has 4 heteroatoms. The highest BCUT2D eigenvalue weighted by Gasteiger charge is 2.41. The summed E-state index contributed by atoms with van der Waals surface area (Å²) in [4.78, 5) is 16.2. The number of carbonyl (C=O) groups excluding carboxylic acids is 1. The van der Waals surface area contributed by atoms with Gasteiger partial charge in [-0.3, -0.25) is 4.79 Å². The number of aromatic nitrogens is 1. The molecule has 0 aliphatic heterocycles. The highest BCUT2D eigenvalue weighted by molar-refractivity contribution is 6.04. The molecule has 88 valence electrons. The van der Waals surface area contributed by atoms with E-state index in [1.54, 1.807) is 18.3 Å². The van der Waals surface area contributed by atoms with Crippen LogP contribution in [-0.4, -0.2) is 16.3 Å². The van der Waals surface area contributed by atoms with Gasteiger partial charge in [0.15, 0.2) is 5.78 Å². The van der Waals surface area contributed by atoms with Gasteiger partial charge in [0.1, 0.15) is 5.82 Å². The Morgan fingerprint density at radius 2 is 1.88 bits per heavy atom. The van der Waals surface area contributed by atoms with E-state index in [-0.39, 0.29) is 11.6 Å². The molecule has 4 N–H and O–H groups in total. The topological polar surface area (TPSA) is 82.0 Å². The Morgan fingerprint density at radius 3 is 2.31 bits per heavy atom. The van der Waals surface area contributed by atoms with E-state index in [0.29, 0.717) is 5.56 Å². The van der Waals surface area contributed by atoms with Gasteiger partial charge in [-0.1, -0.05) is 13.8 Å². The molecule has 1 rings (SSSR count). The minimum Gasteiger partial charge on any atom is -0.383 e. The van der Waals surface area contributed by atoms with E-state index in [4.69, 9.17) is 11.5 Å². The van der Waals surface area contributed by atoms with Gasteiger partial charge in [0.05, 0.1) is 5.56 Å². The number of anilines is 1. The summed E-state index contributed by atoms with van der Waals surface area (Å²) in [5.41, 5.74) is 10.8. The van der Waals surface area contributed by atoms with Gasteiger partial charge in [0.25, 0.3) is 0 Å². The smallest absolute Gasteiger partial charge is 0.173 e. The fraction of sp³-hybridized carbons (Fsp3) is 0.500. The van der Waals surface area contributed by atoms with Gasteiger partial charge >= 0.3 is 0 Å². The molecule has 0 bridgehead atoms. The van der Waals surface area contributed by atoms with Crippen molar-refractivity contribution in [3.05, 3.63) is 23.9 Å². The standard InChI is InChI=1S/C12H19N3O/c1-11(2,12(3,4)14)9(16)8-6-5-7-15-10(8)13/h5-7H,14H2,1-4H3,(H2,13,15). The van der Waals surface area contributed by atoms with E-state index in [9.17, 15) is 4.79 Å². The number of hydrogen-bond acceptors (Lipinski definition) is 4. The quantitative estimate of drug-likeness (QED) is 0.760. The predicted octanol–water partition coefficient (Wildman–Crippen LogP) is 1.61. The number of hydrogen-bond donors (Lipinski definition) is 2. The van der Waals surface area contributed by atoms with Crippen LogP contribution in [0.25, 0.3) is 0 Å². The number of carbonyl (C=O) groups is 1. The van der Waals surface area contributed by atoms with Crippen LogP contribution in [0.15, 0.2) is 18.3 Å². The molecule has 0 saturated heterocycles. The van der Waals surface area contributed by atoms with Crippen molar-refractivity contribution in [3.8, 4) is 0 Å². The summed E-state index contributed by atoms with van der Waals surface area (Å²) in [6.45, 7) is 7.30. The number of nitrogen functional groups attached to an aromatic ring is 1. The van der Waals surface area contributed by atoms with Crippen molar-refractivity contribution in [2.45, 2.75) is 33.2 Å². The van der Waals surface area contributed by atoms with Gasteiger partial charge in [0, 0.05) is 17.2 Å². The van der Waals surface area contributed by atoms with Crippen LogP contribution in [0.5, 0.6) is 0 Å². The Morgan fingerprint density at radius 1 is 1.31 bits per heavy atom. The number of ketones is 1. The van der Waals surface area contributed by atoms with Crippen molar-refractivity contribution in [3.63, 3.8) is 0 Å². The summed E-state index contributed by atoms with van der Waals surface area (Å²) in [6.07, 6.45) is 1.56. The van der Waals surface area contributed by atoms with Crippen LogP contribution in [-0.2, 0) is 0 Å². The van der Waals surface area contributed by atoms with Crippen molar-refractivity contribution < 1.29 is 4.79 Å². The van der Waals surface area contributed by atoms with Crippen molar-refractivity contribution in [2.75, 3.05) is 5.73 Å². The lowest BCUT2D eigenvalue weighted by Gasteiger charge is -2.37. The molecule has 1 heterocycles. The molecule has 0 radical (unpaired) electrons. The molecule has 0 fully saturated rings. The summed E-state index contributed by atoms with van der Waals surface area (Å²) < 4.78 is 0. The molecule has 4 nitrogen and oxygen atoms in total. The van der Waals surface area contributed by atoms with Crippen LogP contribution in [0.1, 0.15) is 38.1 Å². The summed E-state index contributed by atoms with van der Waals surface area (Å²) in [7, 11) is 0. The highest BCUT2D eigenvalue weighted by Crippen LogP contribution is 2.33. The number of nitrogens with two attached hydrogens (primary N) is 2. The van der Waals surface area contributed by atoms with E-state index in [2.05, 4.69) is 4.98 Å². The predicted molar refractivity (Wildman–Crippen MR) is 65.0 cm³/mol. The zero-order valence-corrected chi connectivity index (χ0v) is 10.2. The van der Waals surface area contributed by atoms with Crippen molar-refractivity contribution in [1.29, 1.82) is 0 Å².